The zero-order valence-electron chi connectivity index (χ0n) is 24.1. The molecule has 1 aliphatic heterocycles. The average Bonchev–Trinajstić information content (AvgIpc) is 3.76. The van der Waals surface area contributed by atoms with E-state index in [9.17, 15) is 28.0 Å². The maximum Gasteiger partial charge on any atom is 0.332 e. The number of carbonyl (C=O) groups excluding carboxylic acids is 1. The Balaban J connectivity index is 1.29. The minimum atomic E-state index is -1.14. The first-order valence-electron chi connectivity index (χ1n) is 14.6. The number of carbonyl (C=O) groups is 1. The van der Waals surface area contributed by atoms with Crippen LogP contribution in [0.25, 0.3) is 0 Å². The standard InChI is InChI=1S/C32H30F2N6O4/c1-2-13-39-31(43)23-18-26(36-29(23)40(32(39)44)22-9-10-22)21-8-12-27(35-19-21)38(16-5-15-37-14-4-3-6-28(37)41)30(42)20-7-11-24(33)25(34)17-20/h3-4,6-8,11-12,14,17,19,22H,2,5,9-10,13,15-16,18H2,1H3. The number of amides is 1. The molecule has 0 radical (unpaired) electrons. The van der Waals surface area contributed by atoms with Gasteiger partial charge < -0.3 is 4.57 Å². The number of aromatic nitrogens is 4. The molecule has 2 aliphatic rings. The molecule has 10 nitrogen and oxygen atoms in total. The van der Waals surface area contributed by atoms with Crippen LogP contribution in [0.3, 0.4) is 0 Å². The number of rotatable bonds is 10. The van der Waals surface area contributed by atoms with Crippen molar-refractivity contribution in [2.75, 3.05) is 11.4 Å². The van der Waals surface area contributed by atoms with Crippen molar-refractivity contribution in [3.8, 4) is 0 Å². The van der Waals surface area contributed by atoms with Crippen LogP contribution in [0.5, 0.6) is 0 Å². The molecular formula is C32H30F2N6O4. The Bertz CT molecular complexity index is 1960. The minimum absolute atomic E-state index is 0.0335. The molecule has 1 amide bonds. The van der Waals surface area contributed by atoms with E-state index in [0.717, 1.165) is 25.0 Å². The zero-order valence-corrected chi connectivity index (χ0v) is 24.1. The minimum Gasteiger partial charge on any atom is -0.315 e. The molecule has 6 rings (SSSR count). The lowest BCUT2D eigenvalue weighted by atomic mass is 10.1. The molecule has 0 bridgehead atoms. The fourth-order valence-corrected chi connectivity index (χ4v) is 5.44. The summed E-state index contributed by atoms with van der Waals surface area (Å²) in [5, 5.41) is 0. The summed E-state index contributed by atoms with van der Waals surface area (Å²) in [5.41, 5.74) is 0.798. The van der Waals surface area contributed by atoms with Crippen molar-refractivity contribution in [2.24, 2.45) is 4.99 Å². The lowest BCUT2D eigenvalue weighted by Crippen LogP contribution is -2.41. The summed E-state index contributed by atoms with van der Waals surface area (Å²) in [7, 11) is 0. The summed E-state index contributed by atoms with van der Waals surface area (Å²) in [6.45, 7) is 2.72. The molecule has 44 heavy (non-hydrogen) atoms. The van der Waals surface area contributed by atoms with Gasteiger partial charge in [-0.25, -0.2) is 23.6 Å². The Morgan fingerprint density at radius 2 is 1.84 bits per heavy atom. The molecule has 1 fully saturated rings. The lowest BCUT2D eigenvalue weighted by Gasteiger charge is -2.22. The van der Waals surface area contributed by atoms with Gasteiger partial charge in [-0.15, -0.1) is 0 Å². The normalized spacial score (nSPS) is 13.9. The van der Waals surface area contributed by atoms with Gasteiger partial charge in [0.25, 0.3) is 11.5 Å². The van der Waals surface area contributed by atoms with Gasteiger partial charge in [-0.2, -0.15) is 0 Å². The van der Waals surface area contributed by atoms with Crippen LogP contribution in [-0.4, -0.2) is 36.8 Å². The van der Waals surface area contributed by atoms with E-state index in [1.54, 1.807) is 35.0 Å². The van der Waals surface area contributed by atoms with Gasteiger partial charge in [-0.05, 0) is 62.1 Å². The Morgan fingerprint density at radius 3 is 2.52 bits per heavy atom. The van der Waals surface area contributed by atoms with Crippen LogP contribution in [0.15, 0.2) is 80.3 Å². The highest BCUT2D eigenvalue weighted by molar-refractivity contribution is 6.07. The monoisotopic (exact) mass is 600 g/mol. The molecule has 0 atom stereocenters. The highest BCUT2D eigenvalue weighted by Gasteiger charge is 2.33. The summed E-state index contributed by atoms with van der Waals surface area (Å²) >= 11 is 0. The van der Waals surface area contributed by atoms with Crippen molar-refractivity contribution in [3.05, 3.63) is 120 Å². The number of nitrogens with zero attached hydrogens (tertiary/aromatic N) is 6. The van der Waals surface area contributed by atoms with E-state index in [1.807, 2.05) is 6.92 Å². The van der Waals surface area contributed by atoms with Gasteiger partial charge in [0.05, 0.1) is 11.3 Å². The summed E-state index contributed by atoms with van der Waals surface area (Å²) in [5.74, 6) is -2.12. The highest BCUT2D eigenvalue weighted by atomic mass is 19.2. The zero-order chi connectivity index (χ0) is 31.0. The number of aryl methyl sites for hydroxylation is 1. The van der Waals surface area contributed by atoms with Crippen molar-refractivity contribution >= 4 is 23.3 Å². The number of halogens is 2. The summed E-state index contributed by atoms with van der Waals surface area (Å²) in [6, 6.07) is 11.1. The van der Waals surface area contributed by atoms with E-state index in [2.05, 4.69) is 4.98 Å². The van der Waals surface area contributed by atoms with Crippen molar-refractivity contribution < 1.29 is 13.6 Å². The second kappa shape index (κ2) is 11.9. The molecule has 0 spiro atoms. The van der Waals surface area contributed by atoms with Gasteiger partial charge in [-0.3, -0.25) is 28.4 Å². The lowest BCUT2D eigenvalue weighted by molar-refractivity contribution is 0.0985. The Labute approximate surface area is 250 Å². The van der Waals surface area contributed by atoms with Crippen molar-refractivity contribution in [1.82, 2.24) is 18.7 Å². The van der Waals surface area contributed by atoms with Crippen LogP contribution >= 0.6 is 0 Å². The second-order valence-corrected chi connectivity index (χ2v) is 11.0. The van der Waals surface area contributed by atoms with E-state index < -0.39 is 17.5 Å². The van der Waals surface area contributed by atoms with Crippen LogP contribution in [-0.2, 0) is 19.5 Å². The number of aliphatic imine (C=N–C) groups is 1. The van der Waals surface area contributed by atoms with Crippen LogP contribution in [0.4, 0.5) is 20.4 Å². The summed E-state index contributed by atoms with van der Waals surface area (Å²) in [6.07, 6.45) is 6.19. The van der Waals surface area contributed by atoms with Crippen molar-refractivity contribution in [1.29, 1.82) is 0 Å². The molecule has 4 heterocycles. The fraction of sp³-hybridized carbons (Fsp3) is 0.312. The Kier molecular flexibility index (Phi) is 7.90. The van der Waals surface area contributed by atoms with Crippen molar-refractivity contribution in [2.45, 2.75) is 58.2 Å². The van der Waals surface area contributed by atoms with Gasteiger partial charge >= 0.3 is 5.69 Å². The molecule has 3 aromatic heterocycles. The van der Waals surface area contributed by atoms with Gasteiger partial charge in [-0.1, -0.05) is 13.0 Å². The molecule has 0 unspecified atom stereocenters. The molecule has 1 aliphatic carbocycles. The molecule has 0 N–H and O–H groups in total. The fourth-order valence-electron chi connectivity index (χ4n) is 5.44. The number of anilines is 1. The van der Waals surface area contributed by atoms with E-state index >= 15 is 0 Å². The first kappa shape index (κ1) is 29.1. The number of hydrogen-bond donors (Lipinski definition) is 0. The molecule has 0 saturated heterocycles. The maximum atomic E-state index is 14.0. The van der Waals surface area contributed by atoms with Gasteiger partial charge in [0, 0.05) is 61.7 Å². The Morgan fingerprint density at radius 1 is 1.02 bits per heavy atom. The molecule has 4 aromatic rings. The summed E-state index contributed by atoms with van der Waals surface area (Å²) in [4.78, 5) is 62.6. The van der Waals surface area contributed by atoms with Crippen LogP contribution in [0, 0.1) is 11.6 Å². The largest absolute Gasteiger partial charge is 0.332 e. The van der Waals surface area contributed by atoms with E-state index in [-0.39, 0.29) is 47.2 Å². The van der Waals surface area contributed by atoms with E-state index in [1.165, 1.54) is 32.4 Å². The van der Waals surface area contributed by atoms with Gasteiger partial charge in [0.2, 0.25) is 5.56 Å². The SMILES string of the molecule is CCCn1c(=O)c2c(n(C3CC3)c1=O)N=C(c1ccc(N(CCCn3ccccc3=O)C(=O)c3ccc(F)c(F)c3)nc1)C2. The Hall–Kier alpha value is -5.00. The quantitative estimate of drug-likeness (QED) is 0.273. The van der Waals surface area contributed by atoms with Crippen LogP contribution in [0.2, 0.25) is 0 Å². The summed E-state index contributed by atoms with van der Waals surface area (Å²) < 4.78 is 32.0. The molecule has 226 valence electrons. The number of fused-ring (bicyclic) bond motifs is 1. The van der Waals surface area contributed by atoms with Crippen LogP contribution in [0.1, 0.15) is 60.1 Å². The van der Waals surface area contributed by atoms with Gasteiger partial charge in [0.1, 0.15) is 11.6 Å². The predicted octanol–water partition coefficient (Wildman–Crippen LogP) is 4.00. The average molecular weight is 601 g/mol. The predicted molar refractivity (Wildman–Crippen MR) is 161 cm³/mol. The third kappa shape index (κ3) is 5.54. The van der Waals surface area contributed by atoms with E-state index in [4.69, 9.17) is 4.99 Å². The van der Waals surface area contributed by atoms with Crippen molar-refractivity contribution in [3.63, 3.8) is 0 Å². The third-order valence-electron chi connectivity index (χ3n) is 7.83. The van der Waals surface area contributed by atoms with E-state index in [0.29, 0.717) is 48.6 Å². The topological polar surface area (TPSA) is 112 Å². The molecule has 1 aromatic carbocycles. The highest BCUT2D eigenvalue weighted by Crippen LogP contribution is 2.39. The third-order valence-corrected chi connectivity index (χ3v) is 7.83. The molecule has 12 heteroatoms. The molecular weight excluding hydrogens is 570 g/mol. The first-order valence-corrected chi connectivity index (χ1v) is 14.6. The second-order valence-electron chi connectivity index (χ2n) is 11.0. The van der Waals surface area contributed by atoms with Crippen LogP contribution < -0.4 is 21.7 Å². The number of hydrogen-bond acceptors (Lipinski definition) is 6. The number of pyridine rings is 2. The maximum absolute atomic E-state index is 14.0. The smallest absolute Gasteiger partial charge is 0.315 e. The number of benzene rings is 1. The van der Waals surface area contributed by atoms with Gasteiger partial charge in [0.15, 0.2) is 11.6 Å². The first-order chi connectivity index (χ1) is 21.3. The molecule has 1 saturated carbocycles.